The lowest BCUT2D eigenvalue weighted by atomic mass is 9.52. The van der Waals surface area contributed by atoms with E-state index in [-0.39, 0.29) is 78.7 Å². The van der Waals surface area contributed by atoms with Gasteiger partial charge in [-0.3, -0.25) is 19.2 Å². The molecule has 0 aromatic carbocycles. The number of Topliss-reactive ketones (excluding diaryl/α,β-unsaturated/α-hetero) is 2. The number of halogens is 4. The number of hydrogen-bond acceptors (Lipinski definition) is 24. The summed E-state index contributed by atoms with van der Waals surface area (Å²) in [6.45, 7) is -2.71. The SMILES string of the molecule is CC(F)(F)C(=O)OC(CCC(=O)OCC(=O)OC12CC3CC(C1)C(=O)C(C3)C2)C(=O)OCC(=O)OC12CC3CC(C1)C(=O)C(C3)C2.CC(F)(F)C(=O)OC(CCC(=O)OCC(=O)OC12CC3CC(CC(O)(C3)C1)C2)C(=O)OCC(=O)OC12CC3CC(CC(O)(C3)C1)C2. The summed E-state index contributed by atoms with van der Waals surface area (Å²) in [6.07, 6.45) is 7.40. The molecule has 0 aromatic heterocycles. The highest BCUT2D eigenvalue weighted by Gasteiger charge is 2.62. The van der Waals surface area contributed by atoms with Crippen molar-refractivity contribution in [2.75, 3.05) is 26.4 Å². The van der Waals surface area contributed by atoms with Crippen molar-refractivity contribution in [1.29, 1.82) is 0 Å². The third kappa shape index (κ3) is 15.2. The van der Waals surface area contributed by atoms with Gasteiger partial charge in [-0.25, -0.2) is 38.4 Å². The lowest BCUT2D eigenvalue weighted by molar-refractivity contribution is -0.223. The number of ether oxygens (including phenoxy) is 10. The van der Waals surface area contributed by atoms with Gasteiger partial charge in [-0.05, 0) is 164 Å². The molecule has 0 aliphatic heterocycles. The summed E-state index contributed by atoms with van der Waals surface area (Å²) in [5, 5.41) is 21.7. The molecule has 28 heteroatoms. The molecule has 16 rings (SSSR count). The molecule has 10 atom stereocenters. The van der Waals surface area contributed by atoms with E-state index in [9.17, 15) is 85.3 Å². The fraction of sp³-hybridized carbons (Fsp3) is 0.812. The van der Waals surface area contributed by atoms with Crippen LogP contribution in [0, 0.1) is 59.2 Å². The van der Waals surface area contributed by atoms with Gasteiger partial charge < -0.3 is 57.6 Å². The molecule has 16 fully saturated rings. The summed E-state index contributed by atoms with van der Waals surface area (Å²) in [7, 11) is 0. The van der Waals surface area contributed by atoms with Crippen molar-refractivity contribution in [3.63, 3.8) is 0 Å². The van der Waals surface area contributed by atoms with E-state index in [4.69, 9.17) is 37.9 Å². The minimum atomic E-state index is -3.96. The second kappa shape index (κ2) is 25.1. The number of aliphatic hydroxyl groups is 2. The molecule has 0 amide bonds. The Morgan fingerprint density at radius 2 is 0.685 bits per heavy atom. The zero-order chi connectivity index (χ0) is 66.1. The van der Waals surface area contributed by atoms with E-state index in [0.717, 1.165) is 38.5 Å². The van der Waals surface area contributed by atoms with Crippen molar-refractivity contribution in [2.45, 2.75) is 238 Å². The van der Waals surface area contributed by atoms with Gasteiger partial charge in [-0.15, -0.1) is 0 Å². The first kappa shape index (κ1) is 67.1. The molecule has 0 aromatic rings. The first-order valence-corrected chi connectivity index (χ1v) is 32.3. The summed E-state index contributed by atoms with van der Waals surface area (Å²) >= 11 is 0. The number of carbonyl (C=O) groups is 12. The summed E-state index contributed by atoms with van der Waals surface area (Å²) in [6, 6.07) is 0. The maximum absolute atomic E-state index is 13.6. The second-order valence-electron chi connectivity index (χ2n) is 29.7. The number of esters is 10. The van der Waals surface area contributed by atoms with E-state index >= 15 is 0 Å². The van der Waals surface area contributed by atoms with Crippen LogP contribution in [0.15, 0.2) is 0 Å². The number of ketones is 2. The molecular weight excluding hydrogens is 1230 g/mol. The number of rotatable bonds is 24. The molecular formula is C64H80F4O24. The van der Waals surface area contributed by atoms with Gasteiger partial charge in [0.05, 0.1) is 11.2 Å². The van der Waals surface area contributed by atoms with E-state index in [2.05, 4.69) is 9.47 Å². The molecule has 16 aliphatic rings. The maximum Gasteiger partial charge on any atom is 0.377 e. The van der Waals surface area contributed by atoms with Crippen LogP contribution in [-0.4, -0.2) is 166 Å². The smallest absolute Gasteiger partial charge is 0.377 e. The normalized spacial score (nSPS) is 37.4. The van der Waals surface area contributed by atoms with Crippen LogP contribution in [0.2, 0.25) is 0 Å². The molecule has 10 unspecified atom stereocenters. The Morgan fingerprint density at radius 3 is 0.978 bits per heavy atom. The molecule has 0 spiro atoms. The number of carbonyl (C=O) groups excluding carboxylic acids is 12. The van der Waals surface area contributed by atoms with Crippen LogP contribution < -0.4 is 0 Å². The summed E-state index contributed by atoms with van der Waals surface area (Å²) in [4.78, 5) is 149. The molecule has 16 bridgehead atoms. The monoisotopic (exact) mass is 1310 g/mol. The first-order chi connectivity index (χ1) is 43.1. The summed E-state index contributed by atoms with van der Waals surface area (Å²) in [5.74, 6) is -18.6. The quantitative estimate of drug-likeness (QED) is 0.0686. The van der Waals surface area contributed by atoms with Crippen molar-refractivity contribution in [3.05, 3.63) is 0 Å². The topological polar surface area (TPSA) is 338 Å². The highest BCUT2D eigenvalue weighted by atomic mass is 19.3. The molecule has 16 aliphatic carbocycles. The molecule has 92 heavy (non-hydrogen) atoms. The van der Waals surface area contributed by atoms with Crippen LogP contribution >= 0.6 is 0 Å². The van der Waals surface area contributed by atoms with Crippen LogP contribution in [0.4, 0.5) is 17.6 Å². The van der Waals surface area contributed by atoms with Gasteiger partial charge in [-0.2, -0.15) is 17.6 Å². The number of alkyl halides is 4. The van der Waals surface area contributed by atoms with Crippen LogP contribution in [-0.2, 0) is 105 Å². The Kier molecular flexibility index (Phi) is 18.3. The fourth-order valence-corrected chi connectivity index (χ4v) is 19.5. The average Bonchev–Trinajstić information content (AvgIpc) is 0.818. The molecule has 16 saturated carbocycles. The Labute approximate surface area is 526 Å². The van der Waals surface area contributed by atoms with Crippen molar-refractivity contribution in [1.82, 2.24) is 0 Å². The molecule has 508 valence electrons. The second-order valence-corrected chi connectivity index (χ2v) is 29.7. The predicted molar refractivity (Wildman–Crippen MR) is 295 cm³/mol. The largest absolute Gasteiger partial charge is 0.456 e. The molecule has 0 saturated heterocycles. The van der Waals surface area contributed by atoms with Crippen LogP contribution in [0.25, 0.3) is 0 Å². The third-order valence-corrected chi connectivity index (χ3v) is 21.5. The lowest BCUT2D eigenvalue weighted by Crippen LogP contribution is -2.60. The van der Waals surface area contributed by atoms with Crippen LogP contribution in [0.3, 0.4) is 0 Å². The van der Waals surface area contributed by atoms with Gasteiger partial charge >= 0.3 is 71.5 Å². The van der Waals surface area contributed by atoms with E-state index in [0.29, 0.717) is 109 Å². The van der Waals surface area contributed by atoms with Crippen molar-refractivity contribution < 1.29 is 133 Å². The molecule has 2 N–H and O–H groups in total. The Balaban J connectivity index is 0.000000188. The summed E-state index contributed by atoms with van der Waals surface area (Å²) in [5.41, 5.74) is -4.98. The van der Waals surface area contributed by atoms with E-state index < -0.39 is 169 Å². The highest BCUT2D eigenvalue weighted by molar-refractivity contribution is 5.88. The van der Waals surface area contributed by atoms with Crippen LogP contribution in [0.5, 0.6) is 0 Å². The van der Waals surface area contributed by atoms with Gasteiger partial charge in [0.15, 0.2) is 38.6 Å². The van der Waals surface area contributed by atoms with Gasteiger partial charge in [0.1, 0.15) is 34.0 Å². The van der Waals surface area contributed by atoms with E-state index in [1.54, 1.807) is 0 Å². The lowest BCUT2D eigenvalue weighted by Gasteiger charge is -2.59. The Bertz CT molecular complexity index is 2940. The predicted octanol–water partition coefficient (Wildman–Crippen LogP) is 5.48. The molecule has 0 heterocycles. The van der Waals surface area contributed by atoms with Crippen LogP contribution in [0.1, 0.15) is 181 Å². The third-order valence-electron chi connectivity index (χ3n) is 21.5. The molecule has 24 nitrogen and oxygen atoms in total. The maximum atomic E-state index is 13.6. The average molecular weight is 1310 g/mol. The van der Waals surface area contributed by atoms with Crippen molar-refractivity contribution >= 4 is 71.3 Å². The van der Waals surface area contributed by atoms with Crippen molar-refractivity contribution in [2.24, 2.45) is 59.2 Å². The van der Waals surface area contributed by atoms with Gasteiger partial charge in [0, 0.05) is 76.0 Å². The minimum absolute atomic E-state index is 0.124. The zero-order valence-electron chi connectivity index (χ0n) is 51.5. The van der Waals surface area contributed by atoms with Gasteiger partial charge in [-0.1, -0.05) is 0 Å². The first-order valence-electron chi connectivity index (χ1n) is 32.3. The van der Waals surface area contributed by atoms with Gasteiger partial charge in [0.2, 0.25) is 0 Å². The van der Waals surface area contributed by atoms with Gasteiger partial charge in [0.25, 0.3) is 0 Å². The highest BCUT2D eigenvalue weighted by Crippen LogP contribution is 2.61. The zero-order valence-corrected chi connectivity index (χ0v) is 51.5. The van der Waals surface area contributed by atoms with E-state index in [1.807, 2.05) is 0 Å². The minimum Gasteiger partial charge on any atom is -0.456 e. The standard InChI is InChI=1S/C32H42F2O12.C32H38F2O12/c1-28(33,34)27(39)44-22(26(38)43-15-25(37)46-32-12-20-5-21(13-32)9-30(41,8-20)17-32)2-3-23(35)42-14-24(36)45-31-10-18-4-19(11-31)7-29(40,6-18)16-31;1-30(33,34)29(41)44-22(28(40)43-15-25(37)46-32-9-17-6-20(12-32)27(39)21(7-17)13-32)2-3-23(35)42-14-24(36)45-31-8-16-4-18(10-31)26(38)19(5-16)11-31/h18-22,40-41H,2-17H2,1H3;16-22H,2-15H2,1H3. The van der Waals surface area contributed by atoms with E-state index in [1.165, 1.54) is 0 Å². The Morgan fingerprint density at radius 1 is 0.402 bits per heavy atom. The summed E-state index contributed by atoms with van der Waals surface area (Å²) < 4.78 is 106. The fourth-order valence-electron chi connectivity index (χ4n) is 19.5. The number of hydrogen-bond donors (Lipinski definition) is 2. The Hall–Kier alpha value is -6.32. The van der Waals surface area contributed by atoms with Crippen molar-refractivity contribution in [3.8, 4) is 0 Å². The molecule has 0 radical (unpaired) electrons.